The van der Waals surface area contributed by atoms with Gasteiger partial charge in [0.25, 0.3) is 5.91 Å². The van der Waals surface area contributed by atoms with E-state index in [1.165, 1.54) is 5.38 Å². The molecule has 0 spiro atoms. The summed E-state index contributed by atoms with van der Waals surface area (Å²) < 4.78 is 0. The molecule has 1 unspecified atom stereocenters. The van der Waals surface area contributed by atoms with E-state index in [4.69, 9.17) is 5.11 Å². The maximum atomic E-state index is 11.9. The molecule has 18 heavy (non-hydrogen) atoms. The average Bonchev–Trinajstić information content (AvgIpc) is 2.79. The van der Waals surface area contributed by atoms with Gasteiger partial charge in [0.05, 0.1) is 0 Å². The third kappa shape index (κ3) is 3.53. The quantitative estimate of drug-likeness (QED) is 0.832. The predicted octanol–water partition coefficient (Wildman–Crippen LogP) is 2.40. The molecule has 0 aliphatic heterocycles. The summed E-state index contributed by atoms with van der Waals surface area (Å²) in [5.41, 5.74) is -0.0830. The van der Waals surface area contributed by atoms with E-state index in [9.17, 15) is 9.59 Å². The van der Waals surface area contributed by atoms with Crippen molar-refractivity contribution in [2.75, 3.05) is 0 Å². The molecule has 0 aliphatic rings. The summed E-state index contributed by atoms with van der Waals surface area (Å²) in [6.45, 7) is 6.13. The summed E-state index contributed by atoms with van der Waals surface area (Å²) in [5, 5.41) is 13.2. The number of amides is 1. The van der Waals surface area contributed by atoms with Crippen molar-refractivity contribution in [2.45, 2.75) is 39.7 Å². The van der Waals surface area contributed by atoms with Crippen molar-refractivity contribution in [3.8, 4) is 0 Å². The van der Waals surface area contributed by atoms with Gasteiger partial charge in [-0.15, -0.1) is 11.3 Å². The molecule has 1 atom stereocenters. The molecule has 0 aliphatic carbocycles. The van der Waals surface area contributed by atoms with Gasteiger partial charge in [0.1, 0.15) is 0 Å². The Morgan fingerprint density at radius 2 is 2.06 bits per heavy atom. The molecule has 6 heteroatoms. The lowest BCUT2D eigenvalue weighted by molar-refractivity contribution is 0.0691. The Kier molecular flexibility index (Phi) is 5.27. The number of hydrogen-bond donors (Lipinski definition) is 2. The van der Waals surface area contributed by atoms with E-state index >= 15 is 0 Å². The second-order valence-electron chi connectivity index (χ2n) is 4.18. The van der Waals surface area contributed by atoms with Crippen LogP contribution < -0.4 is 5.32 Å². The van der Waals surface area contributed by atoms with E-state index < -0.39 is 5.97 Å². The van der Waals surface area contributed by atoms with Gasteiger partial charge in [0.2, 0.25) is 0 Å². The smallest absolute Gasteiger partial charge is 0.355 e. The van der Waals surface area contributed by atoms with Crippen LogP contribution in [0.1, 0.15) is 53.9 Å². The van der Waals surface area contributed by atoms with Crippen molar-refractivity contribution < 1.29 is 14.7 Å². The number of hydrogen-bond acceptors (Lipinski definition) is 4. The summed E-state index contributed by atoms with van der Waals surface area (Å²) >= 11 is 1.05. The summed E-state index contributed by atoms with van der Waals surface area (Å²) in [4.78, 5) is 26.3. The second kappa shape index (κ2) is 6.49. The monoisotopic (exact) mass is 270 g/mol. The van der Waals surface area contributed by atoms with Gasteiger partial charge in [-0.1, -0.05) is 26.7 Å². The maximum absolute atomic E-state index is 11.9. The predicted molar refractivity (Wildman–Crippen MR) is 70.1 cm³/mol. The van der Waals surface area contributed by atoms with Gasteiger partial charge in [-0.2, -0.15) is 0 Å². The molecule has 1 rings (SSSR count). The third-order valence-electron chi connectivity index (χ3n) is 3.03. The first-order valence-electron chi connectivity index (χ1n) is 5.99. The highest BCUT2D eigenvalue weighted by Crippen LogP contribution is 2.15. The molecule has 0 fully saturated rings. The van der Waals surface area contributed by atoms with Gasteiger partial charge in [0, 0.05) is 11.4 Å². The van der Waals surface area contributed by atoms with Gasteiger partial charge < -0.3 is 10.4 Å². The molecule has 0 bridgehead atoms. The molecule has 0 radical (unpaired) electrons. The number of thiazole rings is 1. The Morgan fingerprint density at radius 1 is 1.44 bits per heavy atom. The summed E-state index contributed by atoms with van der Waals surface area (Å²) in [6, 6.07) is 0.0599. The number of aromatic carboxylic acids is 1. The number of nitrogens with zero attached hydrogens (tertiary/aromatic N) is 1. The standard InChI is InChI=1S/C12H18N2O3S/c1-4-8(5-2)7(3)13-10(15)11-14-9(6-18-11)12(16)17/h6-8H,4-5H2,1-3H3,(H,13,15)(H,16,17). The fourth-order valence-electron chi connectivity index (χ4n) is 1.86. The number of carboxylic acids is 1. The Morgan fingerprint density at radius 3 is 2.50 bits per heavy atom. The first-order chi connectivity index (χ1) is 8.49. The van der Waals surface area contributed by atoms with Crippen molar-refractivity contribution in [3.05, 3.63) is 16.1 Å². The Hall–Kier alpha value is -1.43. The van der Waals surface area contributed by atoms with Crippen LogP contribution >= 0.6 is 11.3 Å². The fourth-order valence-corrected chi connectivity index (χ4v) is 2.55. The highest BCUT2D eigenvalue weighted by atomic mass is 32.1. The van der Waals surface area contributed by atoms with Crippen LogP contribution in [-0.2, 0) is 0 Å². The van der Waals surface area contributed by atoms with E-state index in [2.05, 4.69) is 24.1 Å². The zero-order chi connectivity index (χ0) is 13.7. The molecular weight excluding hydrogens is 252 g/mol. The van der Waals surface area contributed by atoms with E-state index in [1.54, 1.807) is 0 Å². The molecule has 1 aromatic heterocycles. The lowest BCUT2D eigenvalue weighted by atomic mass is 9.95. The maximum Gasteiger partial charge on any atom is 0.355 e. The zero-order valence-corrected chi connectivity index (χ0v) is 11.6. The van der Waals surface area contributed by atoms with Crippen LogP contribution in [0.5, 0.6) is 0 Å². The number of nitrogens with one attached hydrogen (secondary N) is 1. The van der Waals surface area contributed by atoms with Crippen LogP contribution in [0.3, 0.4) is 0 Å². The van der Waals surface area contributed by atoms with Crippen molar-refractivity contribution in [1.29, 1.82) is 0 Å². The summed E-state index contributed by atoms with van der Waals surface area (Å²) in [6.07, 6.45) is 1.99. The molecule has 0 saturated carbocycles. The Balaban J connectivity index is 2.67. The minimum atomic E-state index is -1.11. The lowest BCUT2D eigenvalue weighted by Gasteiger charge is -2.21. The second-order valence-corrected chi connectivity index (χ2v) is 5.04. The average molecular weight is 270 g/mol. The van der Waals surface area contributed by atoms with Crippen LogP contribution in [0.25, 0.3) is 0 Å². The minimum absolute atomic E-state index is 0.0599. The van der Waals surface area contributed by atoms with Crippen molar-refractivity contribution in [2.24, 2.45) is 5.92 Å². The number of carbonyl (C=O) groups excluding carboxylic acids is 1. The van der Waals surface area contributed by atoms with Crippen LogP contribution in [0.4, 0.5) is 0 Å². The number of carboxylic acid groups (broad SMARTS) is 1. The Labute approximate surface area is 110 Å². The molecule has 1 heterocycles. The van der Waals surface area contributed by atoms with E-state index in [0.717, 1.165) is 24.2 Å². The van der Waals surface area contributed by atoms with Crippen molar-refractivity contribution in [1.82, 2.24) is 10.3 Å². The highest BCUT2D eigenvalue weighted by molar-refractivity contribution is 7.11. The topological polar surface area (TPSA) is 79.3 Å². The molecule has 0 aromatic carbocycles. The van der Waals surface area contributed by atoms with Gasteiger partial charge >= 0.3 is 5.97 Å². The number of rotatable bonds is 6. The fraction of sp³-hybridized carbons (Fsp3) is 0.583. The molecule has 0 saturated heterocycles. The molecule has 1 aromatic rings. The van der Waals surface area contributed by atoms with Crippen molar-refractivity contribution in [3.63, 3.8) is 0 Å². The van der Waals surface area contributed by atoms with Gasteiger partial charge in [0.15, 0.2) is 10.7 Å². The minimum Gasteiger partial charge on any atom is -0.476 e. The zero-order valence-electron chi connectivity index (χ0n) is 10.8. The summed E-state index contributed by atoms with van der Waals surface area (Å²) in [5.74, 6) is -0.988. The van der Waals surface area contributed by atoms with Gasteiger partial charge in [-0.05, 0) is 12.8 Å². The van der Waals surface area contributed by atoms with Crippen molar-refractivity contribution >= 4 is 23.2 Å². The SMILES string of the molecule is CCC(CC)C(C)NC(=O)c1nc(C(=O)O)cs1. The van der Waals surface area contributed by atoms with Gasteiger partial charge in [-0.25, -0.2) is 9.78 Å². The van der Waals surface area contributed by atoms with Crippen LogP contribution in [-0.4, -0.2) is 28.0 Å². The number of aromatic nitrogens is 1. The third-order valence-corrected chi connectivity index (χ3v) is 3.87. The normalized spacial score (nSPS) is 12.4. The van der Waals surface area contributed by atoms with E-state index in [1.807, 2.05) is 6.92 Å². The van der Waals surface area contributed by atoms with Crippen LogP contribution in [0, 0.1) is 5.92 Å². The molecular formula is C12H18N2O3S. The van der Waals surface area contributed by atoms with Gasteiger partial charge in [-0.3, -0.25) is 4.79 Å². The van der Waals surface area contributed by atoms with Crippen LogP contribution in [0.2, 0.25) is 0 Å². The molecule has 1 amide bonds. The van der Waals surface area contributed by atoms with Crippen LogP contribution in [0.15, 0.2) is 5.38 Å². The first kappa shape index (κ1) is 14.6. The van der Waals surface area contributed by atoms with E-state index in [-0.39, 0.29) is 22.7 Å². The highest BCUT2D eigenvalue weighted by Gasteiger charge is 2.19. The molecule has 2 N–H and O–H groups in total. The lowest BCUT2D eigenvalue weighted by Crippen LogP contribution is -2.37. The first-order valence-corrected chi connectivity index (χ1v) is 6.87. The Bertz CT molecular complexity index is 427. The van der Waals surface area contributed by atoms with E-state index in [0.29, 0.717) is 5.92 Å². The number of carbonyl (C=O) groups is 2. The molecule has 5 nitrogen and oxygen atoms in total. The molecule has 100 valence electrons. The largest absolute Gasteiger partial charge is 0.476 e. The summed E-state index contributed by atoms with van der Waals surface area (Å²) in [7, 11) is 0.